The summed E-state index contributed by atoms with van der Waals surface area (Å²) < 4.78 is 5.10. The van der Waals surface area contributed by atoms with Gasteiger partial charge < -0.3 is 15.8 Å². The Morgan fingerprint density at radius 2 is 2.00 bits per heavy atom. The maximum Gasteiger partial charge on any atom is 0.274 e. The highest BCUT2D eigenvalue weighted by Gasteiger charge is 2.18. The molecule has 0 saturated carbocycles. The molecule has 3 N–H and O–H groups in total. The van der Waals surface area contributed by atoms with E-state index >= 15 is 0 Å². The lowest BCUT2D eigenvalue weighted by molar-refractivity contribution is 0.0920. The van der Waals surface area contributed by atoms with Gasteiger partial charge in [-0.05, 0) is 24.1 Å². The van der Waals surface area contributed by atoms with E-state index in [1.807, 2.05) is 12.1 Å². The second-order valence-electron chi connectivity index (χ2n) is 4.65. The van der Waals surface area contributed by atoms with E-state index in [0.717, 1.165) is 5.56 Å². The third-order valence-corrected chi connectivity index (χ3v) is 3.38. The van der Waals surface area contributed by atoms with E-state index in [1.54, 1.807) is 19.2 Å². The average molecular weight is 321 g/mol. The Morgan fingerprint density at radius 1 is 1.32 bits per heavy atom. The molecule has 7 heteroatoms. The van der Waals surface area contributed by atoms with Crippen LogP contribution in [-0.4, -0.2) is 29.6 Å². The van der Waals surface area contributed by atoms with Gasteiger partial charge in [0, 0.05) is 31.1 Å². The van der Waals surface area contributed by atoms with E-state index in [9.17, 15) is 4.79 Å². The van der Waals surface area contributed by atoms with Gasteiger partial charge in [-0.2, -0.15) is 0 Å². The van der Waals surface area contributed by atoms with E-state index in [1.165, 1.54) is 12.4 Å². The number of hydrogen-bond donors (Lipinski definition) is 2. The molecule has 0 saturated heterocycles. The fourth-order valence-corrected chi connectivity index (χ4v) is 2.13. The molecule has 1 heterocycles. The molecular weight excluding hydrogens is 304 g/mol. The molecule has 0 radical (unpaired) electrons. The molecule has 22 heavy (non-hydrogen) atoms. The molecule has 1 atom stereocenters. The number of halogens is 1. The molecule has 0 spiro atoms. The van der Waals surface area contributed by atoms with Crippen molar-refractivity contribution in [2.75, 3.05) is 19.5 Å². The number of hydrogen-bond acceptors (Lipinski definition) is 5. The smallest absolute Gasteiger partial charge is 0.274 e. The molecule has 0 aliphatic carbocycles. The Balaban J connectivity index is 2.17. The molecular formula is C15H17ClN4O2. The van der Waals surface area contributed by atoms with Crippen molar-refractivity contribution in [1.29, 1.82) is 0 Å². The first kappa shape index (κ1) is 16.2. The van der Waals surface area contributed by atoms with Gasteiger partial charge in [0.2, 0.25) is 0 Å². The number of benzene rings is 1. The first-order valence-electron chi connectivity index (χ1n) is 6.73. The predicted octanol–water partition coefficient (Wildman–Crippen LogP) is 2.22. The fourth-order valence-electron chi connectivity index (χ4n) is 2.00. The molecule has 0 fully saturated rings. The molecule has 0 unspecified atom stereocenters. The zero-order valence-corrected chi connectivity index (χ0v) is 12.9. The number of ether oxygens (including phenoxy) is 1. The summed E-state index contributed by atoms with van der Waals surface area (Å²) in [5.41, 5.74) is 6.72. The van der Waals surface area contributed by atoms with Crippen LogP contribution in [0.4, 0.5) is 5.82 Å². The summed E-state index contributed by atoms with van der Waals surface area (Å²) in [5, 5.41) is 3.54. The quantitative estimate of drug-likeness (QED) is 0.851. The number of methoxy groups -OCH3 is 1. The third-order valence-electron chi connectivity index (χ3n) is 3.13. The summed E-state index contributed by atoms with van der Waals surface area (Å²) in [5.74, 6) is -0.275. The SMILES string of the molecule is COCC[C@@H](NC(=O)c1nccnc1N)c1ccc(Cl)cc1. The summed E-state index contributed by atoms with van der Waals surface area (Å²) in [6, 6.07) is 7.05. The Morgan fingerprint density at radius 3 is 2.64 bits per heavy atom. The number of anilines is 1. The minimum absolute atomic E-state index is 0.0987. The minimum Gasteiger partial charge on any atom is -0.385 e. The normalized spacial score (nSPS) is 11.9. The Hall–Kier alpha value is -2.18. The molecule has 1 aromatic carbocycles. The van der Waals surface area contributed by atoms with Crippen LogP contribution in [0, 0.1) is 0 Å². The maximum absolute atomic E-state index is 12.3. The van der Waals surface area contributed by atoms with Crippen LogP contribution in [0.2, 0.25) is 5.02 Å². The van der Waals surface area contributed by atoms with Crippen LogP contribution in [-0.2, 0) is 4.74 Å². The minimum atomic E-state index is -0.373. The molecule has 116 valence electrons. The third kappa shape index (κ3) is 4.16. The van der Waals surface area contributed by atoms with Gasteiger partial charge in [-0.25, -0.2) is 9.97 Å². The van der Waals surface area contributed by atoms with Crippen molar-refractivity contribution < 1.29 is 9.53 Å². The highest BCUT2D eigenvalue weighted by molar-refractivity contribution is 6.30. The van der Waals surface area contributed by atoms with E-state index < -0.39 is 0 Å². The lowest BCUT2D eigenvalue weighted by Gasteiger charge is -2.19. The average Bonchev–Trinajstić information content (AvgIpc) is 2.52. The van der Waals surface area contributed by atoms with Crippen LogP contribution in [0.3, 0.4) is 0 Å². The largest absolute Gasteiger partial charge is 0.385 e. The van der Waals surface area contributed by atoms with Crippen LogP contribution in [0.25, 0.3) is 0 Å². The molecule has 2 rings (SSSR count). The van der Waals surface area contributed by atoms with E-state index in [2.05, 4.69) is 15.3 Å². The standard InChI is InChI=1S/C15H17ClN4O2/c1-22-9-6-12(10-2-4-11(16)5-3-10)20-15(21)13-14(17)19-8-7-18-13/h2-5,7-8,12H,6,9H2,1H3,(H2,17,19)(H,20,21)/t12-/m1/s1. The van der Waals surface area contributed by atoms with Crippen LogP contribution in [0.15, 0.2) is 36.7 Å². The Bertz CT molecular complexity index is 634. The monoisotopic (exact) mass is 320 g/mol. The lowest BCUT2D eigenvalue weighted by Crippen LogP contribution is -2.30. The zero-order chi connectivity index (χ0) is 15.9. The molecule has 6 nitrogen and oxygen atoms in total. The summed E-state index contributed by atoms with van der Waals surface area (Å²) >= 11 is 5.90. The topological polar surface area (TPSA) is 90.1 Å². The number of nitrogens with zero attached hydrogens (tertiary/aromatic N) is 2. The number of amides is 1. The van der Waals surface area contributed by atoms with Crippen LogP contribution < -0.4 is 11.1 Å². The molecule has 2 aromatic rings. The van der Waals surface area contributed by atoms with Crippen molar-refractivity contribution in [3.05, 3.63) is 52.9 Å². The van der Waals surface area contributed by atoms with Gasteiger partial charge in [0.25, 0.3) is 5.91 Å². The van der Waals surface area contributed by atoms with Crippen molar-refractivity contribution in [1.82, 2.24) is 15.3 Å². The number of aromatic nitrogens is 2. The van der Waals surface area contributed by atoms with Gasteiger partial charge in [-0.15, -0.1) is 0 Å². The maximum atomic E-state index is 12.3. The summed E-state index contributed by atoms with van der Waals surface area (Å²) in [4.78, 5) is 20.2. The summed E-state index contributed by atoms with van der Waals surface area (Å²) in [7, 11) is 1.61. The molecule has 1 amide bonds. The number of nitrogens with one attached hydrogen (secondary N) is 1. The van der Waals surface area contributed by atoms with Crippen LogP contribution in [0.5, 0.6) is 0 Å². The first-order valence-corrected chi connectivity index (χ1v) is 7.11. The Labute approximate surface area is 133 Å². The van der Waals surface area contributed by atoms with Crippen molar-refractivity contribution in [3.63, 3.8) is 0 Å². The van der Waals surface area contributed by atoms with Gasteiger partial charge in [-0.1, -0.05) is 23.7 Å². The predicted molar refractivity (Wildman–Crippen MR) is 84.6 cm³/mol. The Kier molecular flexibility index (Phi) is 5.68. The molecule has 1 aromatic heterocycles. The first-order chi connectivity index (χ1) is 10.6. The number of rotatable bonds is 6. The molecule has 0 aliphatic heterocycles. The van der Waals surface area contributed by atoms with Gasteiger partial charge >= 0.3 is 0 Å². The lowest BCUT2D eigenvalue weighted by atomic mass is 10.0. The molecule has 0 aliphatic rings. The number of carbonyl (C=O) groups excluding carboxylic acids is 1. The van der Waals surface area contributed by atoms with Crippen molar-refractivity contribution in [2.45, 2.75) is 12.5 Å². The van der Waals surface area contributed by atoms with Crippen molar-refractivity contribution in [3.8, 4) is 0 Å². The van der Waals surface area contributed by atoms with Gasteiger partial charge in [0.05, 0.1) is 6.04 Å². The van der Waals surface area contributed by atoms with E-state index in [0.29, 0.717) is 18.1 Å². The van der Waals surface area contributed by atoms with Crippen LogP contribution >= 0.6 is 11.6 Å². The van der Waals surface area contributed by atoms with E-state index in [-0.39, 0.29) is 23.5 Å². The number of nitrogens with two attached hydrogens (primary N) is 1. The highest BCUT2D eigenvalue weighted by Crippen LogP contribution is 2.20. The fraction of sp³-hybridized carbons (Fsp3) is 0.267. The highest BCUT2D eigenvalue weighted by atomic mass is 35.5. The number of carbonyl (C=O) groups is 1. The second-order valence-corrected chi connectivity index (χ2v) is 5.09. The van der Waals surface area contributed by atoms with Gasteiger partial charge in [0.1, 0.15) is 0 Å². The van der Waals surface area contributed by atoms with E-state index in [4.69, 9.17) is 22.1 Å². The second kappa shape index (κ2) is 7.72. The van der Waals surface area contributed by atoms with Crippen molar-refractivity contribution in [2.24, 2.45) is 0 Å². The van der Waals surface area contributed by atoms with Crippen LogP contribution in [0.1, 0.15) is 28.5 Å². The van der Waals surface area contributed by atoms with Gasteiger partial charge in [0.15, 0.2) is 11.5 Å². The summed E-state index contributed by atoms with van der Waals surface area (Å²) in [6.07, 6.45) is 3.48. The van der Waals surface area contributed by atoms with Crippen molar-refractivity contribution >= 4 is 23.3 Å². The molecule has 0 bridgehead atoms. The number of nitrogen functional groups attached to an aromatic ring is 1. The summed E-state index contributed by atoms with van der Waals surface area (Å²) in [6.45, 7) is 0.503. The zero-order valence-electron chi connectivity index (χ0n) is 12.1. The van der Waals surface area contributed by atoms with Gasteiger partial charge in [-0.3, -0.25) is 4.79 Å².